The van der Waals surface area contributed by atoms with Gasteiger partial charge in [-0.3, -0.25) is 4.79 Å². The van der Waals surface area contributed by atoms with Gasteiger partial charge in [-0.15, -0.1) is 0 Å². The molecule has 13 heavy (non-hydrogen) atoms. The first-order chi connectivity index (χ1) is 6.29. The maximum Gasteiger partial charge on any atom is 0.298 e. The molecular formula is C10H10O3. The van der Waals surface area contributed by atoms with Crippen LogP contribution in [0.4, 0.5) is 0 Å². The minimum Gasteiger partial charge on any atom is -0.508 e. The van der Waals surface area contributed by atoms with Gasteiger partial charge in [0.15, 0.2) is 0 Å². The standard InChI is InChI=1S/C10H10O3/c1-2-9(12)8-5-3-4-6-10(8)13-7-11/h2-7,12H,1H3/b9-2-. The number of hydrogen-bond acceptors (Lipinski definition) is 3. The molecule has 1 rings (SSSR count). The van der Waals surface area contributed by atoms with E-state index in [0.29, 0.717) is 17.8 Å². The Bertz CT molecular complexity index is 329. The number of hydrogen-bond donors (Lipinski definition) is 1. The van der Waals surface area contributed by atoms with Gasteiger partial charge in [0.2, 0.25) is 0 Å². The number of para-hydroxylation sites is 1. The molecule has 0 fully saturated rings. The quantitative estimate of drug-likeness (QED) is 0.569. The highest BCUT2D eigenvalue weighted by Gasteiger charge is 2.05. The average Bonchev–Trinajstić information content (AvgIpc) is 2.18. The molecule has 0 radical (unpaired) electrons. The van der Waals surface area contributed by atoms with Crippen molar-refractivity contribution in [3.63, 3.8) is 0 Å². The normalized spacial score (nSPS) is 11.0. The molecule has 3 heteroatoms. The first kappa shape index (κ1) is 9.32. The maximum absolute atomic E-state index is 10.1. The zero-order valence-corrected chi connectivity index (χ0v) is 7.23. The molecule has 3 nitrogen and oxygen atoms in total. The van der Waals surface area contributed by atoms with Gasteiger partial charge in [-0.2, -0.15) is 0 Å². The summed E-state index contributed by atoms with van der Waals surface area (Å²) in [4.78, 5) is 10.1. The predicted octanol–water partition coefficient (Wildman–Crippen LogP) is 2.14. The van der Waals surface area contributed by atoms with E-state index in [1.165, 1.54) is 6.08 Å². The second kappa shape index (κ2) is 4.30. The molecule has 0 bridgehead atoms. The third-order valence-electron chi connectivity index (χ3n) is 1.61. The van der Waals surface area contributed by atoms with Gasteiger partial charge in [0.25, 0.3) is 6.47 Å². The summed E-state index contributed by atoms with van der Waals surface area (Å²) in [6.45, 7) is 2.04. The summed E-state index contributed by atoms with van der Waals surface area (Å²) in [7, 11) is 0. The van der Waals surface area contributed by atoms with Crippen LogP contribution >= 0.6 is 0 Å². The van der Waals surface area contributed by atoms with E-state index >= 15 is 0 Å². The molecule has 0 atom stereocenters. The molecule has 0 amide bonds. The second-order valence-electron chi connectivity index (χ2n) is 2.38. The van der Waals surface area contributed by atoms with Crippen LogP contribution in [0.25, 0.3) is 5.76 Å². The molecule has 1 aromatic rings. The lowest BCUT2D eigenvalue weighted by Crippen LogP contribution is -1.93. The number of benzene rings is 1. The van der Waals surface area contributed by atoms with E-state index in [0.717, 1.165) is 0 Å². The summed E-state index contributed by atoms with van der Waals surface area (Å²) in [5.41, 5.74) is 0.511. The number of carbonyl (C=O) groups is 1. The molecule has 1 N–H and O–H groups in total. The fourth-order valence-electron chi connectivity index (χ4n) is 0.988. The van der Waals surface area contributed by atoms with Crippen molar-refractivity contribution >= 4 is 12.2 Å². The Hall–Kier alpha value is -1.77. The number of aliphatic hydroxyl groups is 1. The largest absolute Gasteiger partial charge is 0.508 e. The molecule has 0 aliphatic heterocycles. The smallest absolute Gasteiger partial charge is 0.298 e. The molecule has 68 valence electrons. The van der Waals surface area contributed by atoms with Crippen LogP contribution in [-0.2, 0) is 4.79 Å². The first-order valence-corrected chi connectivity index (χ1v) is 3.84. The van der Waals surface area contributed by atoms with Crippen molar-refractivity contribution in [1.29, 1.82) is 0 Å². The van der Waals surface area contributed by atoms with Crippen LogP contribution in [0.15, 0.2) is 30.3 Å². The SMILES string of the molecule is C/C=C(\O)c1ccccc1OC=O. The number of allylic oxidation sites excluding steroid dienone is 1. The predicted molar refractivity (Wildman–Crippen MR) is 49.4 cm³/mol. The van der Waals surface area contributed by atoms with Crippen molar-refractivity contribution in [2.45, 2.75) is 6.92 Å². The molecule has 0 unspecified atom stereocenters. The maximum atomic E-state index is 10.1. The Balaban J connectivity index is 3.11. The van der Waals surface area contributed by atoms with Gasteiger partial charge in [0.1, 0.15) is 11.5 Å². The fourth-order valence-corrected chi connectivity index (χ4v) is 0.988. The lowest BCUT2D eigenvalue weighted by molar-refractivity contribution is -0.120. The minimum atomic E-state index is 0.0949. The molecule has 0 saturated heterocycles. The van der Waals surface area contributed by atoms with Gasteiger partial charge in [-0.05, 0) is 25.1 Å². The van der Waals surface area contributed by atoms with Gasteiger partial charge in [0.05, 0.1) is 5.56 Å². The Morgan fingerprint density at radius 3 is 2.77 bits per heavy atom. The summed E-state index contributed by atoms with van der Waals surface area (Å²) in [5.74, 6) is 0.450. The van der Waals surface area contributed by atoms with Crippen molar-refractivity contribution in [2.75, 3.05) is 0 Å². The minimum absolute atomic E-state index is 0.0949. The Kier molecular flexibility index (Phi) is 3.09. The van der Waals surface area contributed by atoms with E-state index in [9.17, 15) is 9.90 Å². The number of rotatable bonds is 3. The molecule has 0 saturated carbocycles. The molecule has 0 aliphatic carbocycles. The van der Waals surface area contributed by atoms with Crippen LogP contribution in [-0.4, -0.2) is 11.6 Å². The van der Waals surface area contributed by atoms with Crippen molar-refractivity contribution in [1.82, 2.24) is 0 Å². The van der Waals surface area contributed by atoms with Crippen LogP contribution in [0, 0.1) is 0 Å². The Morgan fingerprint density at radius 1 is 1.46 bits per heavy atom. The summed E-state index contributed by atoms with van der Waals surface area (Å²) < 4.78 is 4.68. The zero-order chi connectivity index (χ0) is 9.68. The van der Waals surface area contributed by atoms with E-state index in [1.54, 1.807) is 31.2 Å². The van der Waals surface area contributed by atoms with E-state index in [2.05, 4.69) is 4.74 Å². The third-order valence-corrected chi connectivity index (χ3v) is 1.61. The van der Waals surface area contributed by atoms with Gasteiger partial charge in [-0.25, -0.2) is 0 Å². The highest BCUT2D eigenvalue weighted by atomic mass is 16.5. The van der Waals surface area contributed by atoms with Crippen molar-refractivity contribution in [3.8, 4) is 5.75 Å². The molecule has 0 heterocycles. The van der Waals surface area contributed by atoms with E-state index in [4.69, 9.17) is 0 Å². The van der Waals surface area contributed by atoms with Crippen LogP contribution in [0.2, 0.25) is 0 Å². The average molecular weight is 178 g/mol. The molecule has 0 aromatic heterocycles. The number of carbonyl (C=O) groups excluding carboxylic acids is 1. The van der Waals surface area contributed by atoms with Crippen molar-refractivity contribution < 1.29 is 14.6 Å². The Labute approximate surface area is 76.3 Å². The number of ether oxygens (including phenoxy) is 1. The van der Waals surface area contributed by atoms with E-state index in [-0.39, 0.29) is 5.76 Å². The molecular weight excluding hydrogens is 168 g/mol. The van der Waals surface area contributed by atoms with E-state index < -0.39 is 0 Å². The topological polar surface area (TPSA) is 46.5 Å². The fraction of sp³-hybridized carbons (Fsp3) is 0.100. The zero-order valence-electron chi connectivity index (χ0n) is 7.23. The monoisotopic (exact) mass is 178 g/mol. The van der Waals surface area contributed by atoms with Crippen LogP contribution in [0.3, 0.4) is 0 Å². The summed E-state index contributed by atoms with van der Waals surface area (Å²) in [6, 6.07) is 6.77. The van der Waals surface area contributed by atoms with E-state index in [1.807, 2.05) is 0 Å². The van der Waals surface area contributed by atoms with Gasteiger partial charge >= 0.3 is 0 Å². The first-order valence-electron chi connectivity index (χ1n) is 3.84. The van der Waals surface area contributed by atoms with Crippen LogP contribution in [0.5, 0.6) is 5.75 Å². The van der Waals surface area contributed by atoms with Crippen LogP contribution in [0.1, 0.15) is 12.5 Å². The lowest BCUT2D eigenvalue weighted by atomic mass is 10.1. The lowest BCUT2D eigenvalue weighted by Gasteiger charge is -2.04. The van der Waals surface area contributed by atoms with Gasteiger partial charge in [-0.1, -0.05) is 12.1 Å². The number of aliphatic hydroxyl groups excluding tert-OH is 1. The summed E-state index contributed by atoms with van der Waals surface area (Å²) >= 11 is 0. The highest BCUT2D eigenvalue weighted by molar-refractivity contribution is 5.66. The third kappa shape index (κ3) is 2.08. The van der Waals surface area contributed by atoms with Crippen molar-refractivity contribution in [2.24, 2.45) is 0 Å². The van der Waals surface area contributed by atoms with Crippen LogP contribution < -0.4 is 4.74 Å². The highest BCUT2D eigenvalue weighted by Crippen LogP contribution is 2.23. The summed E-state index contributed by atoms with van der Waals surface area (Å²) in [5, 5.41) is 9.40. The van der Waals surface area contributed by atoms with Gasteiger partial charge in [0, 0.05) is 0 Å². The molecule has 0 spiro atoms. The second-order valence-corrected chi connectivity index (χ2v) is 2.38. The molecule has 1 aromatic carbocycles. The summed E-state index contributed by atoms with van der Waals surface area (Å²) in [6.07, 6.45) is 1.53. The van der Waals surface area contributed by atoms with Gasteiger partial charge < -0.3 is 9.84 Å². The molecule has 0 aliphatic rings. The van der Waals surface area contributed by atoms with Crippen molar-refractivity contribution in [3.05, 3.63) is 35.9 Å². The Morgan fingerprint density at radius 2 is 2.15 bits per heavy atom.